The first kappa shape index (κ1) is 6.77. The zero-order valence-corrected chi connectivity index (χ0v) is 6.57. The van der Waals surface area contributed by atoms with E-state index in [0.29, 0.717) is 0 Å². The van der Waals surface area contributed by atoms with E-state index in [1.165, 1.54) is 11.1 Å². The molecule has 9 heavy (non-hydrogen) atoms. The van der Waals surface area contributed by atoms with Crippen molar-refractivity contribution < 1.29 is 0 Å². The summed E-state index contributed by atoms with van der Waals surface area (Å²) in [4.78, 5) is 0. The first-order valence-electron chi connectivity index (χ1n) is 2.97. The van der Waals surface area contributed by atoms with Crippen LogP contribution in [0.3, 0.4) is 0 Å². The molecular formula is C8H9P. The van der Waals surface area contributed by atoms with Crippen molar-refractivity contribution in [3.05, 3.63) is 29.3 Å². The van der Waals surface area contributed by atoms with Gasteiger partial charge in [0.25, 0.3) is 0 Å². The van der Waals surface area contributed by atoms with Crippen molar-refractivity contribution in [3.8, 4) is 0 Å². The van der Waals surface area contributed by atoms with Crippen molar-refractivity contribution in [2.45, 2.75) is 13.8 Å². The molecule has 0 amide bonds. The number of rotatable bonds is 0. The van der Waals surface area contributed by atoms with Crippen molar-refractivity contribution >= 4 is 14.5 Å². The normalized spacial score (nSPS) is 9.67. The second-order valence-electron chi connectivity index (χ2n) is 2.24. The van der Waals surface area contributed by atoms with Crippen LogP contribution in [0.1, 0.15) is 11.1 Å². The van der Waals surface area contributed by atoms with Gasteiger partial charge in [-0.3, -0.25) is 0 Å². The summed E-state index contributed by atoms with van der Waals surface area (Å²) in [6, 6.07) is 6.18. The van der Waals surface area contributed by atoms with Crippen molar-refractivity contribution in [1.82, 2.24) is 0 Å². The van der Waals surface area contributed by atoms with E-state index >= 15 is 0 Å². The molecule has 0 N–H and O–H groups in total. The van der Waals surface area contributed by atoms with E-state index in [9.17, 15) is 0 Å². The molecule has 0 saturated heterocycles. The molecule has 1 aromatic carbocycles. The van der Waals surface area contributed by atoms with Gasteiger partial charge in [-0.25, -0.2) is 0 Å². The lowest BCUT2D eigenvalue weighted by Crippen LogP contribution is -1.99. The van der Waals surface area contributed by atoms with Crippen LogP contribution in [0.5, 0.6) is 0 Å². The van der Waals surface area contributed by atoms with Crippen LogP contribution in [0, 0.1) is 13.8 Å². The molecule has 0 atom stereocenters. The Hall–Kier alpha value is -0.350. The van der Waals surface area contributed by atoms with Crippen LogP contribution < -0.4 is 5.30 Å². The van der Waals surface area contributed by atoms with E-state index in [4.69, 9.17) is 0 Å². The van der Waals surface area contributed by atoms with E-state index in [1.807, 2.05) is 6.07 Å². The standard InChI is InChI=1S/C8H9P/c1-6-4-3-5-7(2)8(6)9/h3-5H,1-2H3. The van der Waals surface area contributed by atoms with Crippen molar-refractivity contribution in [3.63, 3.8) is 0 Å². The maximum Gasteiger partial charge on any atom is -0.00505 e. The van der Waals surface area contributed by atoms with E-state index in [2.05, 4.69) is 35.2 Å². The van der Waals surface area contributed by atoms with Gasteiger partial charge in [0.1, 0.15) is 0 Å². The number of hydrogen-bond donors (Lipinski definition) is 0. The summed E-state index contributed by atoms with van der Waals surface area (Å²) >= 11 is 0. The summed E-state index contributed by atoms with van der Waals surface area (Å²) in [6.45, 7) is 4.13. The van der Waals surface area contributed by atoms with Gasteiger partial charge in [-0.05, 0) is 39.5 Å². The summed E-state index contributed by atoms with van der Waals surface area (Å²) in [5.41, 5.74) is 2.50. The quantitative estimate of drug-likeness (QED) is 0.480. The Morgan fingerprint density at radius 2 is 1.56 bits per heavy atom. The average molecular weight is 136 g/mol. The highest BCUT2D eigenvalue weighted by Gasteiger charge is 1.93. The Morgan fingerprint density at radius 3 is 1.89 bits per heavy atom. The summed E-state index contributed by atoms with van der Waals surface area (Å²) in [6.07, 6.45) is 0. The zero-order chi connectivity index (χ0) is 6.85. The van der Waals surface area contributed by atoms with Gasteiger partial charge < -0.3 is 0 Å². The van der Waals surface area contributed by atoms with Gasteiger partial charge in [-0.1, -0.05) is 18.2 Å². The van der Waals surface area contributed by atoms with Gasteiger partial charge in [0.05, 0.1) is 0 Å². The van der Waals surface area contributed by atoms with E-state index in [-0.39, 0.29) is 0 Å². The zero-order valence-electron chi connectivity index (χ0n) is 5.68. The molecule has 0 aromatic heterocycles. The highest BCUT2D eigenvalue weighted by atomic mass is 31.0. The minimum Gasteiger partial charge on any atom is -0.0617 e. The van der Waals surface area contributed by atoms with E-state index in [1.54, 1.807) is 0 Å². The summed E-state index contributed by atoms with van der Waals surface area (Å²) in [5.74, 6) is 0. The molecule has 2 radical (unpaired) electrons. The van der Waals surface area contributed by atoms with Crippen LogP contribution in [-0.2, 0) is 0 Å². The smallest absolute Gasteiger partial charge is 0.00505 e. The van der Waals surface area contributed by atoms with Gasteiger partial charge in [0.15, 0.2) is 0 Å². The molecule has 0 aliphatic heterocycles. The van der Waals surface area contributed by atoms with Gasteiger partial charge in [-0.2, -0.15) is 0 Å². The number of aryl methyl sites for hydroxylation is 2. The Bertz CT molecular complexity index is 196. The molecule has 0 spiro atoms. The molecule has 0 bridgehead atoms. The third-order valence-electron chi connectivity index (χ3n) is 1.44. The van der Waals surface area contributed by atoms with E-state index in [0.717, 1.165) is 5.30 Å². The lowest BCUT2D eigenvalue weighted by atomic mass is 10.2. The molecule has 1 aromatic rings. The molecule has 1 rings (SSSR count). The summed E-state index contributed by atoms with van der Waals surface area (Å²) in [5, 5.41) is 1.11. The van der Waals surface area contributed by atoms with Gasteiger partial charge >= 0.3 is 0 Å². The average Bonchev–Trinajstić information content (AvgIpc) is 1.83. The topological polar surface area (TPSA) is 0 Å². The fraction of sp³-hybridized carbons (Fsp3) is 0.250. The molecule has 0 aliphatic rings. The molecule has 0 aliphatic carbocycles. The molecule has 1 heteroatoms. The predicted molar refractivity (Wildman–Crippen MR) is 42.5 cm³/mol. The van der Waals surface area contributed by atoms with Crippen LogP contribution in [0.2, 0.25) is 0 Å². The Kier molecular flexibility index (Phi) is 1.87. The van der Waals surface area contributed by atoms with Crippen molar-refractivity contribution in [1.29, 1.82) is 0 Å². The van der Waals surface area contributed by atoms with Gasteiger partial charge in [0.2, 0.25) is 0 Å². The molecular weight excluding hydrogens is 127 g/mol. The third kappa shape index (κ3) is 1.31. The van der Waals surface area contributed by atoms with Crippen molar-refractivity contribution in [2.24, 2.45) is 0 Å². The molecule has 46 valence electrons. The van der Waals surface area contributed by atoms with Gasteiger partial charge in [0, 0.05) is 0 Å². The third-order valence-corrected chi connectivity index (χ3v) is 2.14. The lowest BCUT2D eigenvalue weighted by Gasteiger charge is -1.99. The predicted octanol–water partition coefficient (Wildman–Crippen LogP) is 2.34. The first-order valence-corrected chi connectivity index (χ1v) is 3.41. The van der Waals surface area contributed by atoms with Crippen LogP contribution in [0.25, 0.3) is 0 Å². The number of hydrogen-bond acceptors (Lipinski definition) is 0. The maximum atomic E-state index is 4.31. The van der Waals surface area contributed by atoms with Crippen molar-refractivity contribution in [2.75, 3.05) is 0 Å². The molecule has 0 fully saturated rings. The maximum absolute atomic E-state index is 4.31. The van der Waals surface area contributed by atoms with E-state index < -0.39 is 0 Å². The fourth-order valence-electron chi connectivity index (χ4n) is 0.806. The minimum absolute atomic E-state index is 1.11. The summed E-state index contributed by atoms with van der Waals surface area (Å²) in [7, 11) is 4.31. The Labute approximate surface area is 58.5 Å². The van der Waals surface area contributed by atoms with Crippen LogP contribution in [0.15, 0.2) is 18.2 Å². The highest BCUT2D eigenvalue weighted by molar-refractivity contribution is 7.27. The molecule has 0 saturated carbocycles. The lowest BCUT2D eigenvalue weighted by molar-refractivity contribution is 1.44. The molecule has 0 heterocycles. The highest BCUT2D eigenvalue weighted by Crippen LogP contribution is 2.02. The van der Waals surface area contributed by atoms with Crippen LogP contribution >= 0.6 is 9.24 Å². The van der Waals surface area contributed by atoms with Gasteiger partial charge in [-0.15, -0.1) is 0 Å². The monoisotopic (exact) mass is 136 g/mol. The van der Waals surface area contributed by atoms with Crippen LogP contribution in [0.4, 0.5) is 0 Å². The Balaban J connectivity index is 3.25. The number of benzene rings is 1. The minimum atomic E-state index is 1.11. The second-order valence-corrected chi connectivity index (χ2v) is 2.69. The molecule has 0 unspecified atom stereocenters. The van der Waals surface area contributed by atoms with Crippen LogP contribution in [-0.4, -0.2) is 0 Å². The summed E-state index contributed by atoms with van der Waals surface area (Å²) < 4.78 is 0. The first-order chi connectivity index (χ1) is 4.22. The Morgan fingerprint density at radius 1 is 1.11 bits per heavy atom. The second kappa shape index (κ2) is 2.49. The largest absolute Gasteiger partial charge is 0.0617 e. The SMILES string of the molecule is Cc1cccc(C)c1[P]. The fourth-order valence-corrected chi connectivity index (χ4v) is 0.955. The molecule has 0 nitrogen and oxygen atoms in total.